The minimum absolute atomic E-state index is 0.843. The number of hydrogen-bond acceptors (Lipinski definition) is 2. The highest BCUT2D eigenvalue weighted by Gasteiger charge is 2.12. The summed E-state index contributed by atoms with van der Waals surface area (Å²) in [6.07, 6.45) is 1.10. The minimum atomic E-state index is 0.843. The molecule has 0 amide bonds. The molecule has 0 unspecified atom stereocenters. The van der Waals surface area contributed by atoms with E-state index in [4.69, 9.17) is 11.6 Å². The zero-order valence-corrected chi connectivity index (χ0v) is 10.6. The van der Waals surface area contributed by atoms with Crippen molar-refractivity contribution in [1.82, 2.24) is 9.80 Å². The van der Waals surface area contributed by atoms with E-state index in [1.807, 2.05) is 12.1 Å². The normalized spacial score (nSPS) is 18.9. The summed E-state index contributed by atoms with van der Waals surface area (Å²) >= 11 is 5.97. The molecular weight excluding hydrogens is 220 g/mol. The molecule has 1 fully saturated rings. The SMILES string of the molecule is CN1CCN(CCc2cccc(Cl)c2)CC1. The first-order chi connectivity index (χ1) is 7.74. The van der Waals surface area contributed by atoms with Crippen molar-refractivity contribution in [2.75, 3.05) is 39.8 Å². The Morgan fingerprint density at radius 3 is 2.62 bits per heavy atom. The molecule has 0 aliphatic carbocycles. The Balaban J connectivity index is 1.79. The standard InChI is InChI=1S/C13H19ClN2/c1-15-7-9-16(10-8-15)6-5-12-3-2-4-13(14)11-12/h2-4,11H,5-10H2,1H3. The van der Waals surface area contributed by atoms with Crippen LogP contribution in [0.2, 0.25) is 5.02 Å². The third-order valence-corrected chi connectivity index (χ3v) is 3.44. The van der Waals surface area contributed by atoms with Gasteiger partial charge in [0.25, 0.3) is 0 Å². The van der Waals surface area contributed by atoms with Crippen LogP contribution in [0, 0.1) is 0 Å². The summed E-state index contributed by atoms with van der Waals surface area (Å²) in [7, 11) is 2.19. The molecule has 0 saturated carbocycles. The maximum absolute atomic E-state index is 5.97. The summed E-state index contributed by atoms with van der Waals surface area (Å²) in [6.45, 7) is 5.91. The van der Waals surface area contributed by atoms with Gasteiger partial charge in [-0.3, -0.25) is 0 Å². The Bertz CT molecular complexity index is 332. The van der Waals surface area contributed by atoms with Crippen molar-refractivity contribution in [1.29, 1.82) is 0 Å². The van der Waals surface area contributed by atoms with E-state index >= 15 is 0 Å². The van der Waals surface area contributed by atoms with Crippen LogP contribution >= 0.6 is 11.6 Å². The van der Waals surface area contributed by atoms with Crippen molar-refractivity contribution in [3.63, 3.8) is 0 Å². The van der Waals surface area contributed by atoms with Crippen LogP contribution in [0.5, 0.6) is 0 Å². The van der Waals surface area contributed by atoms with Crippen LogP contribution in [-0.4, -0.2) is 49.6 Å². The smallest absolute Gasteiger partial charge is 0.0408 e. The van der Waals surface area contributed by atoms with Crippen LogP contribution in [0.25, 0.3) is 0 Å². The zero-order valence-electron chi connectivity index (χ0n) is 9.82. The average Bonchev–Trinajstić information content (AvgIpc) is 2.28. The highest BCUT2D eigenvalue weighted by atomic mass is 35.5. The van der Waals surface area contributed by atoms with Gasteiger partial charge in [0.15, 0.2) is 0 Å². The summed E-state index contributed by atoms with van der Waals surface area (Å²) in [4.78, 5) is 4.91. The maximum atomic E-state index is 5.97. The van der Waals surface area contributed by atoms with Gasteiger partial charge in [0.05, 0.1) is 0 Å². The van der Waals surface area contributed by atoms with Crippen LogP contribution in [0.15, 0.2) is 24.3 Å². The first kappa shape index (κ1) is 11.9. The second-order valence-corrected chi connectivity index (χ2v) is 4.96. The lowest BCUT2D eigenvalue weighted by Gasteiger charge is -2.32. The lowest BCUT2D eigenvalue weighted by Crippen LogP contribution is -2.45. The van der Waals surface area contributed by atoms with Gasteiger partial charge in [-0.2, -0.15) is 0 Å². The number of likely N-dealkylation sites (N-methyl/N-ethyl adjacent to an activating group) is 1. The molecule has 1 aliphatic heterocycles. The zero-order chi connectivity index (χ0) is 11.4. The van der Waals surface area contributed by atoms with Gasteiger partial charge in [0, 0.05) is 37.7 Å². The Hall–Kier alpha value is -0.570. The molecular formula is C13H19ClN2. The van der Waals surface area contributed by atoms with Crippen LogP contribution in [0.4, 0.5) is 0 Å². The van der Waals surface area contributed by atoms with E-state index < -0.39 is 0 Å². The number of halogens is 1. The molecule has 88 valence electrons. The van der Waals surface area contributed by atoms with Gasteiger partial charge in [0.1, 0.15) is 0 Å². The Morgan fingerprint density at radius 1 is 1.19 bits per heavy atom. The maximum Gasteiger partial charge on any atom is 0.0408 e. The molecule has 0 aromatic heterocycles. The van der Waals surface area contributed by atoms with Gasteiger partial charge in [-0.15, -0.1) is 0 Å². The summed E-state index contributed by atoms with van der Waals surface area (Å²) in [5.74, 6) is 0. The van der Waals surface area contributed by atoms with E-state index in [2.05, 4.69) is 29.0 Å². The van der Waals surface area contributed by atoms with Gasteiger partial charge in [-0.25, -0.2) is 0 Å². The second-order valence-electron chi connectivity index (χ2n) is 4.52. The topological polar surface area (TPSA) is 6.48 Å². The highest BCUT2D eigenvalue weighted by molar-refractivity contribution is 6.30. The summed E-state index contributed by atoms with van der Waals surface area (Å²) in [6, 6.07) is 8.18. The van der Waals surface area contributed by atoms with Crippen molar-refractivity contribution < 1.29 is 0 Å². The van der Waals surface area contributed by atoms with Gasteiger partial charge < -0.3 is 9.80 Å². The van der Waals surface area contributed by atoms with Crippen molar-refractivity contribution in [3.05, 3.63) is 34.9 Å². The number of rotatable bonds is 3. The molecule has 2 rings (SSSR count). The fourth-order valence-electron chi connectivity index (χ4n) is 2.05. The second kappa shape index (κ2) is 5.67. The third kappa shape index (κ3) is 3.48. The van der Waals surface area contributed by atoms with Gasteiger partial charge in [0.2, 0.25) is 0 Å². The molecule has 3 heteroatoms. The van der Waals surface area contributed by atoms with Gasteiger partial charge in [-0.05, 0) is 31.2 Å². The predicted octanol–water partition coefficient (Wildman–Crippen LogP) is 2.13. The number of benzene rings is 1. The van der Waals surface area contributed by atoms with E-state index in [0.717, 1.165) is 18.0 Å². The molecule has 1 saturated heterocycles. The molecule has 0 radical (unpaired) electrons. The highest BCUT2D eigenvalue weighted by Crippen LogP contribution is 2.11. The van der Waals surface area contributed by atoms with Crippen molar-refractivity contribution in [2.24, 2.45) is 0 Å². The van der Waals surface area contributed by atoms with E-state index in [1.165, 1.54) is 31.7 Å². The molecule has 16 heavy (non-hydrogen) atoms. The van der Waals surface area contributed by atoms with E-state index in [1.54, 1.807) is 0 Å². The molecule has 0 spiro atoms. The Kier molecular flexibility index (Phi) is 4.22. The number of piperazine rings is 1. The van der Waals surface area contributed by atoms with Crippen LogP contribution in [0.3, 0.4) is 0 Å². The van der Waals surface area contributed by atoms with Crippen molar-refractivity contribution in [3.8, 4) is 0 Å². The van der Waals surface area contributed by atoms with Crippen LogP contribution in [0.1, 0.15) is 5.56 Å². The molecule has 1 aromatic carbocycles. The molecule has 0 N–H and O–H groups in total. The van der Waals surface area contributed by atoms with Crippen LogP contribution < -0.4 is 0 Å². The van der Waals surface area contributed by atoms with E-state index in [9.17, 15) is 0 Å². The first-order valence-corrected chi connectivity index (χ1v) is 6.27. The number of nitrogens with zero attached hydrogens (tertiary/aromatic N) is 2. The molecule has 0 bridgehead atoms. The summed E-state index contributed by atoms with van der Waals surface area (Å²) in [5, 5.41) is 0.843. The minimum Gasteiger partial charge on any atom is -0.304 e. The third-order valence-electron chi connectivity index (χ3n) is 3.20. The van der Waals surface area contributed by atoms with Crippen molar-refractivity contribution in [2.45, 2.75) is 6.42 Å². The van der Waals surface area contributed by atoms with Gasteiger partial charge >= 0.3 is 0 Å². The quantitative estimate of drug-likeness (QED) is 0.796. The van der Waals surface area contributed by atoms with E-state index in [-0.39, 0.29) is 0 Å². The summed E-state index contributed by atoms with van der Waals surface area (Å²) in [5.41, 5.74) is 1.34. The lowest BCUT2D eigenvalue weighted by molar-refractivity contribution is 0.155. The largest absolute Gasteiger partial charge is 0.304 e. The van der Waals surface area contributed by atoms with Gasteiger partial charge in [-0.1, -0.05) is 23.7 Å². The molecule has 2 nitrogen and oxygen atoms in total. The van der Waals surface area contributed by atoms with Crippen molar-refractivity contribution >= 4 is 11.6 Å². The average molecular weight is 239 g/mol. The fourth-order valence-corrected chi connectivity index (χ4v) is 2.26. The summed E-state index contributed by atoms with van der Waals surface area (Å²) < 4.78 is 0. The Labute approximate surface area is 103 Å². The first-order valence-electron chi connectivity index (χ1n) is 5.89. The van der Waals surface area contributed by atoms with E-state index in [0.29, 0.717) is 0 Å². The molecule has 0 atom stereocenters. The molecule has 1 aromatic rings. The fraction of sp³-hybridized carbons (Fsp3) is 0.538. The predicted molar refractivity (Wildman–Crippen MR) is 69.1 cm³/mol. The molecule has 1 aliphatic rings. The monoisotopic (exact) mass is 238 g/mol. The Morgan fingerprint density at radius 2 is 1.94 bits per heavy atom. The van der Waals surface area contributed by atoms with Crippen LogP contribution in [-0.2, 0) is 6.42 Å². The molecule has 1 heterocycles. The number of hydrogen-bond donors (Lipinski definition) is 0. The lowest BCUT2D eigenvalue weighted by atomic mass is 10.1.